The molecule has 0 aliphatic heterocycles. The number of hydrogen-bond donors (Lipinski definition) is 1. The summed E-state index contributed by atoms with van der Waals surface area (Å²) in [5.74, 6) is 0.539. The zero-order valence-corrected chi connectivity index (χ0v) is 15.0. The van der Waals surface area contributed by atoms with Crippen LogP contribution in [0.25, 0.3) is 0 Å². The van der Waals surface area contributed by atoms with Crippen molar-refractivity contribution in [1.82, 2.24) is 0 Å². The van der Waals surface area contributed by atoms with Gasteiger partial charge in [-0.2, -0.15) is 0 Å². The molecule has 3 nitrogen and oxygen atoms in total. The number of rotatable bonds is 6. The fraction of sp³-hybridized carbons (Fsp3) is 0.278. The fourth-order valence-electron chi connectivity index (χ4n) is 2.09. The van der Waals surface area contributed by atoms with Crippen molar-refractivity contribution in [2.24, 2.45) is 0 Å². The first-order valence-corrected chi connectivity index (χ1v) is 8.67. The van der Waals surface area contributed by atoms with Gasteiger partial charge in [0, 0.05) is 9.92 Å². The predicted octanol–water partition coefficient (Wildman–Crippen LogP) is 5.17. The highest BCUT2D eigenvalue weighted by Gasteiger charge is 2.19. The zero-order valence-electron chi connectivity index (χ0n) is 13.4. The van der Waals surface area contributed by atoms with E-state index in [0.29, 0.717) is 16.5 Å². The lowest BCUT2D eigenvalue weighted by molar-refractivity contribution is -0.115. The van der Waals surface area contributed by atoms with Gasteiger partial charge in [-0.25, -0.2) is 0 Å². The lowest BCUT2D eigenvalue weighted by atomic mass is 10.2. The Hall–Kier alpha value is -1.65. The number of carbonyl (C=O) groups is 1. The van der Waals surface area contributed by atoms with E-state index in [-0.39, 0.29) is 11.2 Å². The van der Waals surface area contributed by atoms with E-state index < -0.39 is 0 Å². The van der Waals surface area contributed by atoms with Crippen molar-refractivity contribution in [2.45, 2.75) is 30.4 Å². The molecular formula is C18H20ClNO2S. The summed E-state index contributed by atoms with van der Waals surface area (Å²) in [6.07, 6.45) is 0.729. The van der Waals surface area contributed by atoms with Crippen LogP contribution >= 0.6 is 23.4 Å². The Balaban J connectivity index is 2.11. The monoisotopic (exact) mass is 349 g/mol. The van der Waals surface area contributed by atoms with Crippen molar-refractivity contribution in [3.63, 3.8) is 0 Å². The molecule has 23 heavy (non-hydrogen) atoms. The number of hydrogen-bond acceptors (Lipinski definition) is 3. The number of nitrogens with one attached hydrogen (secondary N) is 1. The summed E-state index contributed by atoms with van der Waals surface area (Å²) >= 11 is 7.56. The van der Waals surface area contributed by atoms with Crippen LogP contribution in [0, 0.1) is 6.92 Å². The molecule has 2 aromatic carbocycles. The van der Waals surface area contributed by atoms with Crippen LogP contribution in [-0.4, -0.2) is 18.3 Å². The third-order valence-electron chi connectivity index (χ3n) is 3.38. The minimum absolute atomic E-state index is 0.0568. The van der Waals surface area contributed by atoms with Gasteiger partial charge in [-0.1, -0.05) is 36.2 Å². The van der Waals surface area contributed by atoms with E-state index in [0.717, 1.165) is 11.3 Å². The number of carbonyl (C=O) groups excluding carboxylic acids is 1. The number of aryl methyl sites for hydroxylation is 1. The average Bonchev–Trinajstić information content (AvgIpc) is 2.54. The molecule has 1 atom stereocenters. The Bertz CT molecular complexity index is 673. The Morgan fingerprint density at radius 3 is 2.57 bits per heavy atom. The molecule has 0 bridgehead atoms. The largest absolute Gasteiger partial charge is 0.495 e. The zero-order chi connectivity index (χ0) is 16.8. The first-order chi connectivity index (χ1) is 11.0. The fourth-order valence-corrected chi connectivity index (χ4v) is 3.22. The van der Waals surface area contributed by atoms with E-state index in [9.17, 15) is 4.79 Å². The van der Waals surface area contributed by atoms with Gasteiger partial charge < -0.3 is 10.1 Å². The van der Waals surface area contributed by atoms with Crippen molar-refractivity contribution in [2.75, 3.05) is 12.4 Å². The molecule has 5 heteroatoms. The molecule has 122 valence electrons. The quantitative estimate of drug-likeness (QED) is 0.731. The Kier molecular flexibility index (Phi) is 6.37. The molecule has 1 amide bonds. The summed E-state index contributed by atoms with van der Waals surface area (Å²) in [4.78, 5) is 13.6. The second-order valence-corrected chi connectivity index (χ2v) is 6.87. The molecular weight excluding hydrogens is 330 g/mol. The summed E-state index contributed by atoms with van der Waals surface area (Å²) in [7, 11) is 1.57. The molecule has 0 aliphatic carbocycles. The molecule has 0 aliphatic rings. The highest BCUT2D eigenvalue weighted by molar-refractivity contribution is 8.00. The maximum Gasteiger partial charge on any atom is 0.237 e. The summed E-state index contributed by atoms with van der Waals surface area (Å²) in [5, 5.41) is 3.29. The Labute approximate surface area is 146 Å². The molecule has 2 rings (SSSR count). The Morgan fingerprint density at radius 1 is 1.26 bits per heavy atom. The predicted molar refractivity (Wildman–Crippen MR) is 97.7 cm³/mol. The second kappa shape index (κ2) is 8.27. The molecule has 0 saturated carbocycles. The molecule has 0 spiro atoms. The van der Waals surface area contributed by atoms with Crippen molar-refractivity contribution >= 4 is 35.0 Å². The van der Waals surface area contributed by atoms with Crippen LogP contribution in [-0.2, 0) is 4.79 Å². The third kappa shape index (κ3) is 4.91. The van der Waals surface area contributed by atoms with Crippen molar-refractivity contribution in [1.29, 1.82) is 0 Å². The van der Waals surface area contributed by atoms with Crippen LogP contribution in [0.3, 0.4) is 0 Å². The third-order valence-corrected chi connectivity index (χ3v) is 4.99. The standard InChI is InChI=1S/C18H20ClNO2S/c1-4-17(23-14-8-5-12(2)6-9-14)18(21)20-15-11-13(19)7-10-16(15)22-3/h5-11,17H,4H2,1-3H3,(H,20,21). The first-order valence-electron chi connectivity index (χ1n) is 7.41. The highest BCUT2D eigenvalue weighted by Crippen LogP contribution is 2.30. The molecule has 2 aromatic rings. The number of benzene rings is 2. The average molecular weight is 350 g/mol. The number of anilines is 1. The Morgan fingerprint density at radius 2 is 1.96 bits per heavy atom. The lowest BCUT2D eigenvalue weighted by Crippen LogP contribution is -2.24. The van der Waals surface area contributed by atoms with Gasteiger partial charge in [0.2, 0.25) is 5.91 Å². The SMILES string of the molecule is CCC(Sc1ccc(C)cc1)C(=O)Nc1cc(Cl)ccc1OC. The van der Waals surface area contributed by atoms with Gasteiger partial charge in [0.1, 0.15) is 5.75 Å². The molecule has 1 N–H and O–H groups in total. The molecule has 0 radical (unpaired) electrons. The van der Waals surface area contributed by atoms with E-state index in [1.165, 1.54) is 5.56 Å². The van der Waals surface area contributed by atoms with E-state index in [1.807, 2.05) is 38.1 Å². The summed E-state index contributed by atoms with van der Waals surface area (Å²) < 4.78 is 5.27. The molecule has 1 unspecified atom stereocenters. The number of amides is 1. The minimum Gasteiger partial charge on any atom is -0.495 e. The van der Waals surface area contributed by atoms with Crippen LogP contribution in [0.1, 0.15) is 18.9 Å². The van der Waals surface area contributed by atoms with Gasteiger partial charge in [-0.05, 0) is 43.7 Å². The summed E-state index contributed by atoms with van der Waals surface area (Å²) in [6, 6.07) is 13.3. The van der Waals surface area contributed by atoms with Gasteiger partial charge in [0.05, 0.1) is 18.0 Å². The van der Waals surface area contributed by atoms with Crippen molar-refractivity contribution in [3.05, 3.63) is 53.1 Å². The second-order valence-electron chi connectivity index (χ2n) is 5.16. The topological polar surface area (TPSA) is 38.3 Å². The molecule has 0 heterocycles. The van der Waals surface area contributed by atoms with Gasteiger partial charge in [-0.3, -0.25) is 4.79 Å². The number of thioether (sulfide) groups is 1. The van der Waals surface area contributed by atoms with Gasteiger partial charge in [0.15, 0.2) is 0 Å². The maximum atomic E-state index is 12.6. The van der Waals surface area contributed by atoms with Crippen molar-refractivity contribution in [3.8, 4) is 5.75 Å². The van der Waals surface area contributed by atoms with Crippen LogP contribution in [0.2, 0.25) is 5.02 Å². The molecule has 0 aromatic heterocycles. The number of methoxy groups -OCH3 is 1. The summed E-state index contributed by atoms with van der Waals surface area (Å²) in [5.41, 5.74) is 1.79. The van der Waals surface area contributed by atoms with E-state index >= 15 is 0 Å². The van der Waals surface area contributed by atoms with Crippen LogP contribution in [0.4, 0.5) is 5.69 Å². The van der Waals surface area contributed by atoms with Gasteiger partial charge in [0.25, 0.3) is 0 Å². The van der Waals surface area contributed by atoms with Crippen molar-refractivity contribution < 1.29 is 9.53 Å². The van der Waals surface area contributed by atoms with Crippen LogP contribution < -0.4 is 10.1 Å². The van der Waals surface area contributed by atoms with Crippen LogP contribution in [0.15, 0.2) is 47.4 Å². The van der Waals surface area contributed by atoms with Gasteiger partial charge >= 0.3 is 0 Å². The summed E-state index contributed by atoms with van der Waals surface area (Å²) in [6.45, 7) is 4.05. The normalized spacial score (nSPS) is 11.8. The lowest BCUT2D eigenvalue weighted by Gasteiger charge is -2.16. The molecule has 0 fully saturated rings. The first kappa shape index (κ1) is 17.7. The number of ether oxygens (including phenoxy) is 1. The van der Waals surface area contributed by atoms with E-state index in [2.05, 4.69) is 5.32 Å². The van der Waals surface area contributed by atoms with E-state index in [1.54, 1.807) is 37.1 Å². The smallest absolute Gasteiger partial charge is 0.237 e. The number of halogens is 1. The van der Waals surface area contributed by atoms with E-state index in [4.69, 9.17) is 16.3 Å². The minimum atomic E-state index is -0.179. The van der Waals surface area contributed by atoms with Crippen LogP contribution in [0.5, 0.6) is 5.75 Å². The maximum absolute atomic E-state index is 12.6. The highest BCUT2D eigenvalue weighted by atomic mass is 35.5. The van der Waals surface area contributed by atoms with Gasteiger partial charge in [-0.15, -0.1) is 11.8 Å². The molecule has 0 saturated heterocycles.